The Kier molecular flexibility index (Phi) is 4.32. The van der Waals surface area contributed by atoms with Crippen molar-refractivity contribution in [3.05, 3.63) is 29.8 Å². The van der Waals surface area contributed by atoms with Crippen molar-refractivity contribution in [2.45, 2.75) is 32.7 Å². The first-order chi connectivity index (χ1) is 9.81. The number of hydrogen-bond donors (Lipinski definition) is 2. The first kappa shape index (κ1) is 15.5. The molecule has 1 saturated heterocycles. The van der Waals surface area contributed by atoms with E-state index in [4.69, 9.17) is 0 Å². The Labute approximate surface area is 125 Å². The van der Waals surface area contributed by atoms with Crippen molar-refractivity contribution in [2.24, 2.45) is 5.92 Å². The topological polar surface area (TPSA) is 69.6 Å². The van der Waals surface area contributed by atoms with Crippen molar-refractivity contribution < 1.29 is 14.7 Å². The highest BCUT2D eigenvalue weighted by Crippen LogP contribution is 2.28. The fourth-order valence-corrected chi connectivity index (χ4v) is 2.45. The van der Waals surface area contributed by atoms with Crippen LogP contribution in [0.3, 0.4) is 0 Å². The first-order valence-corrected chi connectivity index (χ1v) is 7.14. The van der Waals surface area contributed by atoms with Gasteiger partial charge in [0.2, 0.25) is 5.91 Å². The van der Waals surface area contributed by atoms with Crippen LogP contribution in [0.25, 0.3) is 0 Å². The van der Waals surface area contributed by atoms with Gasteiger partial charge in [0.15, 0.2) is 0 Å². The summed E-state index contributed by atoms with van der Waals surface area (Å²) < 4.78 is 0. The van der Waals surface area contributed by atoms with Crippen LogP contribution in [0.1, 0.15) is 37.6 Å². The number of carbonyl (C=O) groups excluding carboxylic acids is 2. The highest BCUT2D eigenvalue weighted by molar-refractivity contribution is 6.05. The number of aliphatic hydroxyl groups excluding tert-OH is 1. The van der Waals surface area contributed by atoms with E-state index in [0.29, 0.717) is 24.2 Å². The fraction of sp³-hybridized carbons (Fsp3) is 0.500. The summed E-state index contributed by atoms with van der Waals surface area (Å²) in [4.78, 5) is 26.1. The van der Waals surface area contributed by atoms with E-state index in [2.05, 4.69) is 5.32 Å². The van der Waals surface area contributed by atoms with Gasteiger partial charge in [0.05, 0.1) is 11.3 Å². The number of carbonyl (C=O) groups is 2. The predicted molar refractivity (Wildman–Crippen MR) is 81.2 cm³/mol. The predicted octanol–water partition coefficient (Wildman–Crippen LogP) is 1.56. The van der Waals surface area contributed by atoms with Gasteiger partial charge >= 0.3 is 0 Å². The molecule has 0 saturated carbocycles. The van der Waals surface area contributed by atoms with Gasteiger partial charge < -0.3 is 15.3 Å². The Bertz CT molecular complexity index is 549. The average molecular weight is 290 g/mol. The zero-order valence-corrected chi connectivity index (χ0v) is 12.7. The maximum absolute atomic E-state index is 12.4. The minimum atomic E-state index is -0.340. The van der Waals surface area contributed by atoms with Gasteiger partial charge in [-0.15, -0.1) is 0 Å². The number of aliphatic hydroxyl groups is 1. The highest BCUT2D eigenvalue weighted by atomic mass is 16.3. The Balaban J connectivity index is 2.29. The lowest BCUT2D eigenvalue weighted by Crippen LogP contribution is -2.41. The van der Waals surface area contributed by atoms with Crippen LogP contribution in [0.15, 0.2) is 24.3 Å². The van der Waals surface area contributed by atoms with Crippen molar-refractivity contribution in [3.63, 3.8) is 0 Å². The number of benzene rings is 1. The van der Waals surface area contributed by atoms with E-state index in [-0.39, 0.29) is 29.9 Å². The third-order valence-corrected chi connectivity index (χ3v) is 3.39. The highest BCUT2D eigenvalue weighted by Gasteiger charge is 2.32. The van der Waals surface area contributed by atoms with Gasteiger partial charge in [-0.3, -0.25) is 9.59 Å². The molecule has 0 radical (unpaired) electrons. The van der Waals surface area contributed by atoms with Crippen molar-refractivity contribution in [2.75, 3.05) is 18.1 Å². The number of anilines is 1. The molecule has 1 aliphatic heterocycles. The lowest BCUT2D eigenvalue weighted by Gasteiger charge is -2.24. The summed E-state index contributed by atoms with van der Waals surface area (Å²) in [5.74, 6) is -0.306. The van der Waals surface area contributed by atoms with Crippen molar-refractivity contribution >= 4 is 17.5 Å². The van der Waals surface area contributed by atoms with Crippen molar-refractivity contribution in [3.8, 4) is 0 Å². The number of nitrogens with zero attached hydrogens (tertiary/aromatic N) is 1. The van der Waals surface area contributed by atoms with Crippen LogP contribution in [0.5, 0.6) is 0 Å². The maximum atomic E-state index is 12.4. The molecule has 2 amide bonds. The van der Waals surface area contributed by atoms with Gasteiger partial charge in [0.25, 0.3) is 5.91 Å². The Morgan fingerprint density at radius 1 is 1.38 bits per heavy atom. The molecule has 1 unspecified atom stereocenters. The summed E-state index contributed by atoms with van der Waals surface area (Å²) in [5.41, 5.74) is 0.756. The molecule has 0 spiro atoms. The molecule has 2 N–H and O–H groups in total. The number of rotatable bonds is 3. The quantitative estimate of drug-likeness (QED) is 0.887. The molecule has 1 aromatic carbocycles. The molecule has 5 heteroatoms. The first-order valence-electron chi connectivity index (χ1n) is 7.14. The Hall–Kier alpha value is -1.88. The minimum absolute atomic E-state index is 0.0153. The molecule has 5 nitrogen and oxygen atoms in total. The number of para-hydroxylation sites is 1. The van der Waals surface area contributed by atoms with E-state index >= 15 is 0 Å². The molecule has 1 heterocycles. The van der Waals surface area contributed by atoms with E-state index in [1.54, 1.807) is 23.1 Å². The number of hydrogen-bond acceptors (Lipinski definition) is 3. The van der Waals surface area contributed by atoms with E-state index in [0.717, 1.165) is 0 Å². The van der Waals surface area contributed by atoms with Crippen LogP contribution in [-0.2, 0) is 4.79 Å². The Morgan fingerprint density at radius 3 is 2.62 bits per heavy atom. The largest absolute Gasteiger partial charge is 0.396 e. The molecule has 0 aromatic heterocycles. The lowest BCUT2D eigenvalue weighted by atomic mass is 10.1. The van der Waals surface area contributed by atoms with E-state index < -0.39 is 0 Å². The second-order valence-electron chi connectivity index (χ2n) is 6.48. The zero-order valence-electron chi connectivity index (χ0n) is 12.7. The molecule has 1 atom stereocenters. The van der Waals surface area contributed by atoms with E-state index in [9.17, 15) is 14.7 Å². The summed E-state index contributed by atoms with van der Waals surface area (Å²) in [5, 5.41) is 12.1. The van der Waals surface area contributed by atoms with Crippen LogP contribution < -0.4 is 10.2 Å². The van der Waals surface area contributed by atoms with Crippen molar-refractivity contribution in [1.82, 2.24) is 5.32 Å². The standard InChI is InChI=1S/C16H22N2O3/c1-16(2,3)17-15(21)12-6-4-5-7-13(12)18-9-11(10-19)8-14(18)20/h4-7,11,19H,8-10H2,1-3H3,(H,17,21). The molecule has 0 bridgehead atoms. The van der Waals surface area contributed by atoms with Crippen LogP contribution >= 0.6 is 0 Å². The molecule has 114 valence electrons. The summed E-state index contributed by atoms with van der Waals surface area (Å²) in [6, 6.07) is 7.08. The summed E-state index contributed by atoms with van der Waals surface area (Å²) in [7, 11) is 0. The monoisotopic (exact) mass is 290 g/mol. The van der Waals surface area contributed by atoms with Crippen LogP contribution in [0.2, 0.25) is 0 Å². The molecule has 1 fully saturated rings. The molecular formula is C16H22N2O3. The van der Waals surface area contributed by atoms with E-state index in [1.165, 1.54) is 0 Å². The zero-order chi connectivity index (χ0) is 15.6. The van der Waals surface area contributed by atoms with Gasteiger partial charge in [0.1, 0.15) is 0 Å². The van der Waals surface area contributed by atoms with E-state index in [1.807, 2.05) is 26.8 Å². The molecule has 1 aliphatic rings. The normalized spacial score (nSPS) is 19.0. The van der Waals surface area contributed by atoms with Gasteiger partial charge in [-0.2, -0.15) is 0 Å². The van der Waals surface area contributed by atoms with Crippen LogP contribution in [0.4, 0.5) is 5.69 Å². The molecule has 2 rings (SSSR count). The lowest BCUT2D eigenvalue weighted by molar-refractivity contribution is -0.117. The molecule has 21 heavy (non-hydrogen) atoms. The summed E-state index contributed by atoms with van der Waals surface area (Å²) in [6.07, 6.45) is 0.325. The van der Waals surface area contributed by atoms with Gasteiger partial charge in [-0.05, 0) is 32.9 Å². The fourth-order valence-electron chi connectivity index (χ4n) is 2.45. The van der Waals surface area contributed by atoms with Crippen molar-refractivity contribution in [1.29, 1.82) is 0 Å². The van der Waals surface area contributed by atoms with Crippen LogP contribution in [0, 0.1) is 5.92 Å². The Morgan fingerprint density at radius 2 is 2.05 bits per heavy atom. The maximum Gasteiger partial charge on any atom is 0.253 e. The minimum Gasteiger partial charge on any atom is -0.396 e. The van der Waals surface area contributed by atoms with Gasteiger partial charge in [0, 0.05) is 31.0 Å². The smallest absolute Gasteiger partial charge is 0.253 e. The third-order valence-electron chi connectivity index (χ3n) is 3.39. The molecular weight excluding hydrogens is 268 g/mol. The molecule has 0 aliphatic carbocycles. The van der Waals surface area contributed by atoms with Crippen LogP contribution in [-0.4, -0.2) is 35.6 Å². The number of amides is 2. The second kappa shape index (κ2) is 5.85. The second-order valence-corrected chi connectivity index (χ2v) is 6.48. The third kappa shape index (κ3) is 3.61. The average Bonchev–Trinajstić information content (AvgIpc) is 2.78. The van der Waals surface area contributed by atoms with Gasteiger partial charge in [-0.25, -0.2) is 0 Å². The SMILES string of the molecule is CC(C)(C)NC(=O)c1ccccc1N1CC(CO)CC1=O. The van der Waals surface area contributed by atoms with Gasteiger partial charge in [-0.1, -0.05) is 12.1 Å². The number of nitrogens with one attached hydrogen (secondary N) is 1. The summed E-state index contributed by atoms with van der Waals surface area (Å²) in [6.45, 7) is 6.18. The molecule has 1 aromatic rings. The summed E-state index contributed by atoms with van der Waals surface area (Å²) >= 11 is 0.